The van der Waals surface area contributed by atoms with Crippen molar-refractivity contribution in [3.8, 4) is 0 Å². The number of nitrogens with zero attached hydrogens (tertiary/aromatic N) is 4. The topological polar surface area (TPSA) is 95.9 Å². The monoisotopic (exact) mass is 360 g/mol. The van der Waals surface area contributed by atoms with Crippen molar-refractivity contribution in [1.29, 1.82) is 0 Å². The summed E-state index contributed by atoms with van der Waals surface area (Å²) in [6, 6.07) is -0.589. The Morgan fingerprint density at radius 2 is 2.19 bits per heavy atom. The summed E-state index contributed by atoms with van der Waals surface area (Å²) in [6.07, 6.45) is 6.86. The first-order chi connectivity index (χ1) is 12.4. The van der Waals surface area contributed by atoms with E-state index in [0.717, 1.165) is 24.6 Å². The fraction of sp³-hybridized carbons (Fsp3) is 0.529. The van der Waals surface area contributed by atoms with Crippen LogP contribution in [-0.2, 0) is 4.79 Å². The van der Waals surface area contributed by atoms with Crippen LogP contribution in [0.5, 0.6) is 0 Å². The molecule has 0 bridgehead atoms. The van der Waals surface area contributed by atoms with Gasteiger partial charge in [-0.3, -0.25) is 19.4 Å². The highest BCUT2D eigenvalue weighted by molar-refractivity contribution is 5.93. The molecule has 1 spiro atoms. The molecule has 2 unspecified atom stereocenters. The van der Waals surface area contributed by atoms with Crippen LogP contribution in [-0.4, -0.2) is 54.8 Å². The lowest BCUT2D eigenvalue weighted by atomic mass is 10.1. The molecule has 8 nitrogen and oxygen atoms in total. The number of carbonyl (C=O) groups is 2. The van der Waals surface area contributed by atoms with Gasteiger partial charge in [0, 0.05) is 12.7 Å². The molecule has 2 aliphatic rings. The van der Waals surface area contributed by atoms with E-state index >= 15 is 0 Å². The molecule has 138 valence electrons. The molecule has 2 aromatic rings. The smallest absolute Gasteiger partial charge is 0.272 e. The lowest BCUT2D eigenvalue weighted by molar-refractivity contribution is -0.136. The fourth-order valence-electron chi connectivity index (χ4n) is 3.86. The van der Waals surface area contributed by atoms with Crippen molar-refractivity contribution in [2.45, 2.75) is 50.7 Å². The van der Waals surface area contributed by atoms with Gasteiger partial charge in [0.25, 0.3) is 5.91 Å². The van der Waals surface area contributed by atoms with Crippen LogP contribution in [0.2, 0.25) is 0 Å². The Kier molecular flexibility index (Phi) is 3.82. The van der Waals surface area contributed by atoms with Crippen LogP contribution in [0.1, 0.15) is 48.3 Å². The van der Waals surface area contributed by atoms with Crippen molar-refractivity contribution in [2.75, 3.05) is 6.54 Å². The molecule has 2 atom stereocenters. The predicted molar refractivity (Wildman–Crippen MR) is 89.8 cm³/mol. The number of hydrogen-bond donors (Lipinski definition) is 2. The molecule has 26 heavy (non-hydrogen) atoms. The van der Waals surface area contributed by atoms with Crippen molar-refractivity contribution in [1.82, 2.24) is 30.2 Å². The number of halogens is 1. The Bertz CT molecular complexity index is 855. The van der Waals surface area contributed by atoms with Gasteiger partial charge in [-0.2, -0.15) is 10.2 Å². The predicted octanol–water partition coefficient (Wildman–Crippen LogP) is 1.18. The molecule has 0 aromatic carbocycles. The second-order valence-corrected chi connectivity index (χ2v) is 7.17. The molecular formula is C17H21FN6O2. The van der Waals surface area contributed by atoms with E-state index in [1.165, 1.54) is 0 Å². The SMILES string of the molecule is Cc1cnn(C(C)C(=O)N2CCC(NC(=O)c3[nH]ncc3F)C23CC3)c1. The molecule has 3 heterocycles. The molecule has 1 saturated heterocycles. The Balaban J connectivity index is 1.48. The number of aromatic amines is 1. The van der Waals surface area contributed by atoms with E-state index in [4.69, 9.17) is 0 Å². The van der Waals surface area contributed by atoms with Crippen LogP contribution in [0.15, 0.2) is 18.6 Å². The molecule has 1 saturated carbocycles. The molecule has 4 rings (SSSR count). The third-order valence-electron chi connectivity index (χ3n) is 5.47. The van der Waals surface area contributed by atoms with Crippen LogP contribution in [0.25, 0.3) is 0 Å². The Morgan fingerprint density at radius 1 is 1.42 bits per heavy atom. The van der Waals surface area contributed by atoms with E-state index in [1.807, 2.05) is 24.9 Å². The van der Waals surface area contributed by atoms with E-state index in [9.17, 15) is 14.0 Å². The molecule has 1 aliphatic heterocycles. The van der Waals surface area contributed by atoms with Crippen molar-refractivity contribution >= 4 is 11.8 Å². The molecule has 2 amide bonds. The number of aryl methyl sites for hydroxylation is 1. The van der Waals surface area contributed by atoms with Crippen molar-refractivity contribution in [3.63, 3.8) is 0 Å². The molecule has 2 N–H and O–H groups in total. The third kappa shape index (κ3) is 2.58. The highest BCUT2D eigenvalue weighted by Gasteiger charge is 2.60. The van der Waals surface area contributed by atoms with Gasteiger partial charge in [0.05, 0.1) is 24.0 Å². The van der Waals surface area contributed by atoms with Gasteiger partial charge in [-0.05, 0) is 38.7 Å². The molecule has 2 fully saturated rings. The average Bonchev–Trinajstić information content (AvgIpc) is 2.91. The number of aromatic nitrogens is 4. The minimum absolute atomic E-state index is 0.00456. The van der Waals surface area contributed by atoms with Gasteiger partial charge in [0.2, 0.25) is 5.91 Å². The van der Waals surface area contributed by atoms with Gasteiger partial charge >= 0.3 is 0 Å². The number of carbonyl (C=O) groups excluding carboxylic acids is 2. The van der Waals surface area contributed by atoms with Crippen molar-refractivity contribution in [2.24, 2.45) is 0 Å². The zero-order valence-corrected chi connectivity index (χ0v) is 14.7. The van der Waals surface area contributed by atoms with E-state index < -0.39 is 17.8 Å². The van der Waals surface area contributed by atoms with E-state index in [-0.39, 0.29) is 23.2 Å². The lowest BCUT2D eigenvalue weighted by Crippen LogP contribution is -2.50. The molecule has 2 aromatic heterocycles. The van der Waals surface area contributed by atoms with Crippen LogP contribution in [0.3, 0.4) is 0 Å². The number of nitrogens with one attached hydrogen (secondary N) is 2. The summed E-state index contributed by atoms with van der Waals surface area (Å²) >= 11 is 0. The Labute approximate surface area is 149 Å². The zero-order chi connectivity index (χ0) is 18.5. The quantitative estimate of drug-likeness (QED) is 0.856. The number of likely N-dealkylation sites (tertiary alicyclic amines) is 1. The van der Waals surface area contributed by atoms with E-state index in [1.54, 1.807) is 10.9 Å². The summed E-state index contributed by atoms with van der Waals surface area (Å²) in [6.45, 7) is 4.33. The van der Waals surface area contributed by atoms with Gasteiger partial charge < -0.3 is 10.2 Å². The minimum Gasteiger partial charge on any atom is -0.345 e. The lowest BCUT2D eigenvalue weighted by Gasteiger charge is -2.30. The van der Waals surface area contributed by atoms with Gasteiger partial charge in [-0.15, -0.1) is 0 Å². The number of hydrogen-bond acceptors (Lipinski definition) is 4. The Hall–Kier alpha value is -2.71. The summed E-state index contributed by atoms with van der Waals surface area (Å²) < 4.78 is 15.2. The van der Waals surface area contributed by atoms with Crippen LogP contribution in [0.4, 0.5) is 4.39 Å². The Morgan fingerprint density at radius 3 is 2.77 bits per heavy atom. The first-order valence-electron chi connectivity index (χ1n) is 8.74. The summed E-state index contributed by atoms with van der Waals surface area (Å²) in [5.41, 5.74) is 0.463. The summed E-state index contributed by atoms with van der Waals surface area (Å²) in [4.78, 5) is 27.2. The van der Waals surface area contributed by atoms with Gasteiger partial charge in [-0.25, -0.2) is 4.39 Å². The molecule has 9 heteroatoms. The fourth-order valence-corrected chi connectivity index (χ4v) is 3.86. The van der Waals surface area contributed by atoms with Gasteiger partial charge in [0.15, 0.2) is 11.5 Å². The van der Waals surface area contributed by atoms with Crippen LogP contribution >= 0.6 is 0 Å². The van der Waals surface area contributed by atoms with Gasteiger partial charge in [0.1, 0.15) is 6.04 Å². The summed E-state index contributed by atoms with van der Waals surface area (Å²) in [7, 11) is 0. The highest BCUT2D eigenvalue weighted by atomic mass is 19.1. The highest BCUT2D eigenvalue weighted by Crippen LogP contribution is 2.50. The maximum atomic E-state index is 13.6. The average molecular weight is 360 g/mol. The van der Waals surface area contributed by atoms with Crippen LogP contribution in [0, 0.1) is 12.7 Å². The first kappa shape index (κ1) is 16.7. The number of rotatable bonds is 4. The first-order valence-corrected chi connectivity index (χ1v) is 8.74. The summed E-state index contributed by atoms with van der Waals surface area (Å²) in [5, 5.41) is 13.0. The van der Waals surface area contributed by atoms with Crippen LogP contribution < -0.4 is 5.32 Å². The molecule has 0 radical (unpaired) electrons. The number of H-pyrrole nitrogens is 1. The zero-order valence-electron chi connectivity index (χ0n) is 14.7. The third-order valence-corrected chi connectivity index (χ3v) is 5.47. The maximum absolute atomic E-state index is 13.6. The van der Waals surface area contributed by atoms with Gasteiger partial charge in [-0.1, -0.05) is 0 Å². The standard InChI is InChI=1S/C17H21FN6O2/c1-10-7-20-24(9-10)11(2)16(26)23-6-3-13(17(23)4-5-17)21-15(25)14-12(18)8-19-22-14/h7-9,11,13H,3-6H2,1-2H3,(H,19,22)(H,21,25). The normalized spacial score (nSPS) is 21.8. The van der Waals surface area contributed by atoms with E-state index in [0.29, 0.717) is 13.0 Å². The van der Waals surface area contributed by atoms with Crippen molar-refractivity contribution < 1.29 is 14.0 Å². The van der Waals surface area contributed by atoms with E-state index in [2.05, 4.69) is 20.6 Å². The van der Waals surface area contributed by atoms with Crippen molar-refractivity contribution in [3.05, 3.63) is 35.7 Å². The summed E-state index contributed by atoms with van der Waals surface area (Å²) in [5.74, 6) is -1.21. The number of amides is 2. The molecular weight excluding hydrogens is 339 g/mol. The second-order valence-electron chi connectivity index (χ2n) is 7.17. The largest absolute Gasteiger partial charge is 0.345 e. The maximum Gasteiger partial charge on any atom is 0.272 e. The minimum atomic E-state index is -0.680. The molecule has 1 aliphatic carbocycles. The second kappa shape index (κ2) is 5.93.